The van der Waals surface area contributed by atoms with E-state index in [9.17, 15) is 9.59 Å². The number of rotatable bonds is 10. The molecule has 1 aliphatic rings. The Morgan fingerprint density at radius 3 is 2.66 bits per heavy atom. The molecule has 1 aromatic heterocycles. The molecule has 1 aliphatic carbocycles. The number of pyridine rings is 1. The van der Waals surface area contributed by atoms with Crippen LogP contribution in [0.4, 0.5) is 5.82 Å². The van der Waals surface area contributed by atoms with Gasteiger partial charge >= 0.3 is 0 Å². The summed E-state index contributed by atoms with van der Waals surface area (Å²) in [6, 6.07) is 1.57. The summed E-state index contributed by atoms with van der Waals surface area (Å²) in [6.45, 7) is 1.86. The van der Waals surface area contributed by atoms with E-state index < -0.39 is 5.91 Å². The number of aromatic nitrogens is 1. The molecule has 11 nitrogen and oxygen atoms in total. The average Bonchev–Trinajstić information content (AvgIpc) is 3.61. The predicted molar refractivity (Wildman–Crippen MR) is 124 cm³/mol. The van der Waals surface area contributed by atoms with E-state index in [4.69, 9.17) is 21.7 Å². The van der Waals surface area contributed by atoms with Gasteiger partial charge in [0.05, 0.1) is 30.3 Å². The van der Waals surface area contributed by atoms with Crippen LogP contribution in [0, 0.1) is 11.3 Å². The topological polar surface area (TPSA) is 181 Å². The Morgan fingerprint density at radius 2 is 2.12 bits per heavy atom. The van der Waals surface area contributed by atoms with Crippen LogP contribution in [0.25, 0.3) is 0 Å². The number of hydrogen-bond donors (Lipinski definition) is 5. The maximum atomic E-state index is 12.2. The standard InChI is InChI=1S/C21H28N8O3/c1-4-5-14(19(23)30)16(10-17(25-2)29-21(31)12-6-7-12)28-20-18(32-3)13(8-9-26-20)15(22)11-27-24/h5,8-12,22H,4,6-7,24H2,1-3H3,(H2,23,30)(H,26,28)(H,25,29,31)/b14-5-,16-10+,22-15?,27-11-. The molecule has 1 heterocycles. The molecule has 1 aromatic rings. The van der Waals surface area contributed by atoms with Crippen LogP contribution >= 0.6 is 0 Å². The van der Waals surface area contributed by atoms with E-state index >= 15 is 0 Å². The number of methoxy groups -OCH3 is 1. The lowest BCUT2D eigenvalue weighted by molar-refractivity contribution is -0.120. The van der Waals surface area contributed by atoms with Crippen LogP contribution < -0.4 is 26.9 Å². The highest BCUT2D eigenvalue weighted by Gasteiger charge is 2.30. The van der Waals surface area contributed by atoms with Crippen LogP contribution in [0.2, 0.25) is 0 Å². The SMILES string of the molecule is CC/C=C(C(N)=O)/C(=C\C(=NC)NC(=O)C1CC1)Nc1nccc(C(=N)/C=N\N)c1OC. The number of primary amides is 1. The molecule has 32 heavy (non-hydrogen) atoms. The molecule has 0 atom stereocenters. The molecule has 11 heteroatoms. The highest BCUT2D eigenvalue weighted by atomic mass is 16.5. The van der Waals surface area contributed by atoms with Gasteiger partial charge in [-0.05, 0) is 25.3 Å². The molecular weight excluding hydrogens is 412 g/mol. The number of allylic oxidation sites excluding steroid dienone is 1. The second kappa shape index (κ2) is 11.4. The molecule has 7 N–H and O–H groups in total. The second-order valence-corrected chi connectivity index (χ2v) is 6.88. The summed E-state index contributed by atoms with van der Waals surface area (Å²) in [7, 11) is 2.95. The molecular formula is C21H28N8O3. The maximum Gasteiger partial charge on any atom is 0.250 e. The van der Waals surface area contributed by atoms with Gasteiger partial charge in [0.2, 0.25) is 11.8 Å². The Balaban J connectivity index is 2.52. The quantitative estimate of drug-likeness (QED) is 0.0906. The second-order valence-electron chi connectivity index (χ2n) is 6.88. The van der Waals surface area contributed by atoms with Gasteiger partial charge in [0, 0.05) is 30.8 Å². The minimum absolute atomic E-state index is 0.00654. The fourth-order valence-electron chi connectivity index (χ4n) is 2.82. The van der Waals surface area contributed by atoms with Gasteiger partial charge < -0.3 is 26.9 Å². The molecule has 0 aliphatic heterocycles. The first-order valence-electron chi connectivity index (χ1n) is 9.98. The predicted octanol–water partition coefficient (Wildman–Crippen LogP) is 1.07. The third-order valence-corrected chi connectivity index (χ3v) is 4.54. The average molecular weight is 441 g/mol. The summed E-state index contributed by atoms with van der Waals surface area (Å²) in [5.74, 6) is 5.05. The summed E-state index contributed by atoms with van der Waals surface area (Å²) in [4.78, 5) is 32.8. The molecule has 0 bridgehead atoms. The summed E-state index contributed by atoms with van der Waals surface area (Å²) < 4.78 is 5.45. The molecule has 0 unspecified atom stereocenters. The van der Waals surface area contributed by atoms with Crippen molar-refractivity contribution in [2.24, 2.45) is 27.6 Å². The number of nitrogens with one attached hydrogen (secondary N) is 3. The normalized spacial score (nSPS) is 14.9. The number of amidine groups is 1. The number of carbonyl (C=O) groups excluding carboxylic acids is 2. The molecule has 170 valence electrons. The largest absolute Gasteiger partial charge is 0.492 e. The Kier molecular flexibility index (Phi) is 8.63. The van der Waals surface area contributed by atoms with E-state index in [1.165, 1.54) is 32.6 Å². The van der Waals surface area contributed by atoms with Crippen LogP contribution in [-0.2, 0) is 9.59 Å². The number of carbonyl (C=O) groups is 2. The highest BCUT2D eigenvalue weighted by Crippen LogP contribution is 2.30. The van der Waals surface area contributed by atoms with Crippen molar-refractivity contribution in [3.05, 3.63) is 41.2 Å². The minimum atomic E-state index is -0.673. The van der Waals surface area contributed by atoms with Gasteiger partial charge in [0.15, 0.2) is 11.6 Å². The van der Waals surface area contributed by atoms with Crippen molar-refractivity contribution in [1.29, 1.82) is 5.41 Å². The smallest absolute Gasteiger partial charge is 0.250 e. The van der Waals surface area contributed by atoms with Gasteiger partial charge in [-0.1, -0.05) is 13.0 Å². The summed E-state index contributed by atoms with van der Waals surface area (Å²) >= 11 is 0. The summed E-state index contributed by atoms with van der Waals surface area (Å²) in [5, 5.41) is 17.3. The van der Waals surface area contributed by atoms with Gasteiger partial charge in [0.1, 0.15) is 5.84 Å². The first-order valence-corrected chi connectivity index (χ1v) is 9.98. The number of hydrogen-bond acceptors (Lipinski definition) is 9. The van der Waals surface area contributed by atoms with Crippen LogP contribution in [0.15, 0.2) is 45.8 Å². The molecule has 0 radical (unpaired) electrons. The highest BCUT2D eigenvalue weighted by molar-refractivity contribution is 6.37. The van der Waals surface area contributed by atoms with Gasteiger partial charge in [-0.2, -0.15) is 5.10 Å². The van der Waals surface area contributed by atoms with Crippen LogP contribution in [0.1, 0.15) is 31.7 Å². The number of nitrogens with zero attached hydrogens (tertiary/aromatic N) is 3. The van der Waals surface area contributed by atoms with E-state index in [-0.39, 0.29) is 46.2 Å². The third-order valence-electron chi connectivity index (χ3n) is 4.54. The number of ether oxygens (including phenoxy) is 1. The fourth-order valence-corrected chi connectivity index (χ4v) is 2.82. The Bertz CT molecular complexity index is 1010. The zero-order chi connectivity index (χ0) is 23.7. The van der Waals surface area contributed by atoms with E-state index in [0.29, 0.717) is 12.0 Å². The van der Waals surface area contributed by atoms with Crippen molar-refractivity contribution in [2.45, 2.75) is 26.2 Å². The first-order chi connectivity index (χ1) is 15.4. The monoisotopic (exact) mass is 440 g/mol. The third kappa shape index (κ3) is 6.24. The van der Waals surface area contributed by atoms with E-state index in [2.05, 4.69) is 25.7 Å². The van der Waals surface area contributed by atoms with Crippen molar-refractivity contribution in [2.75, 3.05) is 19.5 Å². The number of amides is 2. The van der Waals surface area contributed by atoms with Crippen LogP contribution in [-0.4, -0.2) is 48.7 Å². The zero-order valence-electron chi connectivity index (χ0n) is 18.3. The Morgan fingerprint density at radius 1 is 1.41 bits per heavy atom. The summed E-state index contributed by atoms with van der Waals surface area (Å²) in [6.07, 6.45) is 8.00. The van der Waals surface area contributed by atoms with Crippen LogP contribution in [0.5, 0.6) is 5.75 Å². The Labute approximate surface area is 186 Å². The van der Waals surface area contributed by atoms with Crippen molar-refractivity contribution in [3.8, 4) is 5.75 Å². The number of anilines is 1. The lowest BCUT2D eigenvalue weighted by atomic mass is 10.1. The van der Waals surface area contributed by atoms with E-state index in [0.717, 1.165) is 12.8 Å². The molecule has 0 spiro atoms. The van der Waals surface area contributed by atoms with Crippen molar-refractivity contribution < 1.29 is 14.3 Å². The summed E-state index contributed by atoms with van der Waals surface area (Å²) in [5.41, 5.74) is 6.44. The van der Waals surface area contributed by atoms with Gasteiger partial charge in [0.25, 0.3) is 0 Å². The lowest BCUT2D eigenvalue weighted by Gasteiger charge is -2.17. The van der Waals surface area contributed by atoms with Crippen molar-refractivity contribution in [3.63, 3.8) is 0 Å². The maximum absolute atomic E-state index is 12.2. The number of hydrazone groups is 1. The fraction of sp³-hybridized carbons (Fsp3) is 0.333. The first kappa shape index (κ1) is 24.3. The molecule has 0 aromatic carbocycles. The number of aliphatic imine (C=N–C) groups is 1. The van der Waals surface area contributed by atoms with Crippen molar-refractivity contribution in [1.82, 2.24) is 10.3 Å². The van der Waals surface area contributed by atoms with Gasteiger partial charge in [-0.25, -0.2) is 4.98 Å². The molecule has 0 saturated heterocycles. The molecule has 2 amide bonds. The van der Waals surface area contributed by atoms with Gasteiger partial charge in [-0.3, -0.25) is 20.0 Å². The Hall–Kier alpha value is -4.02. The van der Waals surface area contributed by atoms with E-state index in [1.54, 1.807) is 12.1 Å². The lowest BCUT2D eigenvalue weighted by Crippen LogP contribution is -2.31. The number of nitrogens with two attached hydrogens (primary N) is 2. The molecule has 2 rings (SSSR count). The van der Waals surface area contributed by atoms with E-state index in [1.807, 2.05) is 6.92 Å². The zero-order valence-corrected chi connectivity index (χ0v) is 18.3. The molecule has 1 fully saturated rings. The molecule has 1 saturated carbocycles. The van der Waals surface area contributed by atoms with Gasteiger partial charge in [-0.15, -0.1) is 0 Å². The van der Waals surface area contributed by atoms with Crippen LogP contribution in [0.3, 0.4) is 0 Å². The van der Waals surface area contributed by atoms with Crippen molar-refractivity contribution >= 4 is 35.4 Å². The minimum Gasteiger partial charge on any atom is -0.492 e.